The van der Waals surface area contributed by atoms with Crippen LogP contribution in [0.1, 0.15) is 17.0 Å². The fraction of sp³-hybridized carbons (Fsp3) is 0.250. The summed E-state index contributed by atoms with van der Waals surface area (Å²) in [5.41, 5.74) is 7.62. The molecule has 0 aromatic heterocycles. The highest BCUT2D eigenvalue weighted by Gasteiger charge is 2.23. The van der Waals surface area contributed by atoms with Crippen LogP contribution in [0.25, 0.3) is 0 Å². The second kappa shape index (κ2) is 5.85. The molecule has 0 saturated heterocycles. The first-order chi connectivity index (χ1) is 9.76. The zero-order valence-corrected chi connectivity index (χ0v) is 11.8. The number of benzene rings is 2. The molecule has 0 bridgehead atoms. The molecular formula is C16H16FNOS. The number of nitrogens with two attached hydrogens (primary N) is 1. The van der Waals surface area contributed by atoms with Gasteiger partial charge in [0.15, 0.2) is 0 Å². The average Bonchev–Trinajstić information content (AvgIpc) is 2.88. The largest absolute Gasteiger partial charge is 0.493 e. The van der Waals surface area contributed by atoms with Gasteiger partial charge in [-0.05, 0) is 29.3 Å². The van der Waals surface area contributed by atoms with E-state index >= 15 is 0 Å². The lowest BCUT2D eigenvalue weighted by molar-refractivity contribution is 0.296. The van der Waals surface area contributed by atoms with Crippen molar-refractivity contribution < 1.29 is 9.13 Å². The van der Waals surface area contributed by atoms with Crippen LogP contribution in [0.2, 0.25) is 0 Å². The van der Waals surface area contributed by atoms with E-state index in [9.17, 15) is 4.39 Å². The zero-order chi connectivity index (χ0) is 13.9. The van der Waals surface area contributed by atoms with E-state index < -0.39 is 0 Å². The number of ether oxygens (including phenoxy) is 1. The summed E-state index contributed by atoms with van der Waals surface area (Å²) in [6.45, 7) is 0.883. The molecule has 0 radical (unpaired) electrons. The summed E-state index contributed by atoms with van der Waals surface area (Å²) < 4.78 is 19.2. The monoisotopic (exact) mass is 289 g/mol. The summed E-state index contributed by atoms with van der Waals surface area (Å²) >= 11 is 1.85. The number of hydrogen-bond donors (Lipinski definition) is 1. The first-order valence-electron chi connectivity index (χ1n) is 6.60. The third kappa shape index (κ3) is 2.81. The van der Waals surface area contributed by atoms with Crippen molar-refractivity contribution in [2.24, 2.45) is 5.73 Å². The van der Waals surface area contributed by atoms with Crippen LogP contribution in [0.15, 0.2) is 47.4 Å². The molecule has 1 aliphatic heterocycles. The third-order valence-electron chi connectivity index (χ3n) is 3.42. The summed E-state index contributed by atoms with van der Waals surface area (Å²) in [6.07, 6.45) is 0. The Balaban J connectivity index is 1.70. The number of rotatable bonds is 4. The van der Waals surface area contributed by atoms with Gasteiger partial charge in [0.1, 0.15) is 11.6 Å². The van der Waals surface area contributed by atoms with Gasteiger partial charge in [-0.3, -0.25) is 0 Å². The van der Waals surface area contributed by atoms with E-state index in [0.717, 1.165) is 11.3 Å². The van der Waals surface area contributed by atoms with Crippen molar-refractivity contribution in [3.63, 3.8) is 0 Å². The minimum Gasteiger partial charge on any atom is -0.493 e. The highest BCUT2D eigenvalue weighted by molar-refractivity contribution is 7.99. The molecule has 104 valence electrons. The molecular weight excluding hydrogens is 273 g/mol. The molecule has 2 nitrogen and oxygen atoms in total. The smallest absolute Gasteiger partial charge is 0.127 e. The van der Waals surface area contributed by atoms with E-state index in [1.807, 2.05) is 17.8 Å². The zero-order valence-electron chi connectivity index (χ0n) is 11.0. The van der Waals surface area contributed by atoms with Gasteiger partial charge in [0.2, 0.25) is 0 Å². The second-order valence-corrected chi connectivity index (χ2v) is 5.92. The number of fused-ring (bicyclic) bond motifs is 1. The van der Waals surface area contributed by atoms with Gasteiger partial charge >= 0.3 is 0 Å². The van der Waals surface area contributed by atoms with Crippen LogP contribution in [0.5, 0.6) is 5.75 Å². The highest BCUT2D eigenvalue weighted by atomic mass is 32.2. The summed E-state index contributed by atoms with van der Waals surface area (Å²) in [5, 5.41) is 0. The Morgan fingerprint density at radius 1 is 1.25 bits per heavy atom. The lowest BCUT2D eigenvalue weighted by Crippen LogP contribution is -2.10. The van der Waals surface area contributed by atoms with Crippen LogP contribution < -0.4 is 10.5 Å². The molecule has 2 aromatic carbocycles. The molecule has 20 heavy (non-hydrogen) atoms. The van der Waals surface area contributed by atoms with Crippen molar-refractivity contribution >= 4 is 11.8 Å². The lowest BCUT2D eigenvalue weighted by atomic mass is 10.0. The predicted molar refractivity (Wildman–Crippen MR) is 79.7 cm³/mol. The molecule has 3 rings (SSSR count). The predicted octanol–water partition coefficient (Wildman–Crippen LogP) is 3.55. The summed E-state index contributed by atoms with van der Waals surface area (Å²) in [6, 6.07) is 13.0. The molecule has 1 unspecified atom stereocenters. The quantitative estimate of drug-likeness (QED) is 0.935. The Kier molecular flexibility index (Phi) is 3.94. The molecule has 1 atom stereocenters. The average molecular weight is 289 g/mol. The van der Waals surface area contributed by atoms with E-state index in [2.05, 4.69) is 18.2 Å². The third-order valence-corrected chi connectivity index (χ3v) is 4.67. The Labute approximate surface area is 122 Å². The summed E-state index contributed by atoms with van der Waals surface area (Å²) in [4.78, 5) is 1.32. The van der Waals surface area contributed by atoms with Crippen molar-refractivity contribution in [2.45, 2.75) is 17.4 Å². The molecule has 4 heteroatoms. The van der Waals surface area contributed by atoms with E-state index in [0.29, 0.717) is 24.8 Å². The lowest BCUT2D eigenvalue weighted by Gasteiger charge is -2.13. The molecule has 1 heterocycles. The number of halogens is 1. The highest BCUT2D eigenvalue weighted by Crippen LogP contribution is 2.39. The van der Waals surface area contributed by atoms with Crippen LogP contribution in [0.3, 0.4) is 0 Å². The molecule has 0 aliphatic carbocycles. The first kappa shape index (κ1) is 13.5. The van der Waals surface area contributed by atoms with Crippen molar-refractivity contribution in [3.05, 3.63) is 59.4 Å². The molecule has 2 N–H and O–H groups in total. The molecule has 0 amide bonds. The Hall–Kier alpha value is -1.52. The van der Waals surface area contributed by atoms with Gasteiger partial charge in [-0.25, -0.2) is 4.39 Å². The maximum Gasteiger partial charge on any atom is 0.127 e. The standard InChI is InChI=1S/C16H16FNOS/c17-13-5-11(8-18)6-14(7-13)19-9-12-10-20-16-4-2-1-3-15(12)16/h1-7,12H,8-10,18H2. The van der Waals surface area contributed by atoms with Crippen molar-refractivity contribution in [1.29, 1.82) is 0 Å². The van der Waals surface area contributed by atoms with Crippen LogP contribution >= 0.6 is 11.8 Å². The second-order valence-electron chi connectivity index (χ2n) is 4.86. The topological polar surface area (TPSA) is 35.2 Å². The van der Waals surface area contributed by atoms with Crippen LogP contribution in [-0.2, 0) is 6.54 Å². The van der Waals surface area contributed by atoms with Gasteiger partial charge < -0.3 is 10.5 Å². The van der Waals surface area contributed by atoms with Gasteiger partial charge in [0, 0.05) is 29.2 Å². The SMILES string of the molecule is NCc1cc(F)cc(OCC2CSc3ccccc32)c1. The van der Waals surface area contributed by atoms with Gasteiger partial charge in [-0.15, -0.1) is 11.8 Å². The Bertz CT molecular complexity index is 617. The van der Waals surface area contributed by atoms with E-state index in [-0.39, 0.29) is 5.82 Å². The van der Waals surface area contributed by atoms with Gasteiger partial charge in [-0.2, -0.15) is 0 Å². The molecule has 0 spiro atoms. The fourth-order valence-electron chi connectivity index (χ4n) is 2.39. The van der Waals surface area contributed by atoms with Crippen molar-refractivity contribution in [1.82, 2.24) is 0 Å². The van der Waals surface area contributed by atoms with E-state index in [1.165, 1.54) is 22.6 Å². The minimum atomic E-state index is -0.302. The Morgan fingerprint density at radius 3 is 2.95 bits per heavy atom. The fourth-order valence-corrected chi connectivity index (χ4v) is 3.62. The molecule has 0 saturated carbocycles. The summed E-state index contributed by atoms with van der Waals surface area (Å²) in [7, 11) is 0. The van der Waals surface area contributed by atoms with Crippen LogP contribution in [-0.4, -0.2) is 12.4 Å². The molecule has 0 fully saturated rings. The van der Waals surface area contributed by atoms with Crippen LogP contribution in [0.4, 0.5) is 4.39 Å². The maximum absolute atomic E-state index is 13.4. The number of thioether (sulfide) groups is 1. The van der Waals surface area contributed by atoms with Gasteiger partial charge in [0.25, 0.3) is 0 Å². The Morgan fingerprint density at radius 2 is 2.10 bits per heavy atom. The molecule has 1 aliphatic rings. The van der Waals surface area contributed by atoms with E-state index in [4.69, 9.17) is 10.5 Å². The van der Waals surface area contributed by atoms with Crippen molar-refractivity contribution in [3.8, 4) is 5.75 Å². The maximum atomic E-state index is 13.4. The number of hydrogen-bond acceptors (Lipinski definition) is 3. The summed E-state index contributed by atoms with van der Waals surface area (Å²) in [5.74, 6) is 1.63. The van der Waals surface area contributed by atoms with Gasteiger partial charge in [-0.1, -0.05) is 18.2 Å². The minimum absolute atomic E-state index is 0.302. The first-order valence-corrected chi connectivity index (χ1v) is 7.59. The van der Waals surface area contributed by atoms with Crippen molar-refractivity contribution in [2.75, 3.05) is 12.4 Å². The normalized spacial score (nSPS) is 17.0. The van der Waals surface area contributed by atoms with E-state index in [1.54, 1.807) is 6.07 Å². The van der Waals surface area contributed by atoms with Crippen LogP contribution in [0, 0.1) is 5.82 Å². The molecule has 2 aromatic rings. The van der Waals surface area contributed by atoms with Gasteiger partial charge in [0.05, 0.1) is 6.61 Å².